The van der Waals surface area contributed by atoms with Crippen LogP contribution in [0.4, 0.5) is 0 Å². The molecule has 0 radical (unpaired) electrons. The molecule has 0 saturated heterocycles. The lowest BCUT2D eigenvalue weighted by molar-refractivity contribution is -0.135. The summed E-state index contributed by atoms with van der Waals surface area (Å²) < 4.78 is 10.7. The third-order valence-electron chi connectivity index (χ3n) is 4.93. The summed E-state index contributed by atoms with van der Waals surface area (Å²) in [5, 5.41) is 12.4. The van der Waals surface area contributed by atoms with E-state index in [-0.39, 0.29) is 33.8 Å². The number of fused-ring (bicyclic) bond motifs is 1. The number of nitrogens with zero attached hydrogens (tertiary/aromatic N) is 1. The average Bonchev–Trinajstić information content (AvgIpc) is 3.15. The molecule has 0 aliphatic heterocycles. The average molecular weight is 435 g/mol. The fourth-order valence-corrected chi connectivity index (χ4v) is 3.38. The molecule has 0 atom stereocenters. The summed E-state index contributed by atoms with van der Waals surface area (Å²) >= 11 is 0. The van der Waals surface area contributed by atoms with E-state index in [1.165, 1.54) is 25.3 Å². The molecular formula is C22H17N3O7. The maximum absolute atomic E-state index is 13.3. The first-order chi connectivity index (χ1) is 15.4. The number of H-pyrrole nitrogens is 2. The van der Waals surface area contributed by atoms with E-state index in [0.29, 0.717) is 5.69 Å². The Bertz CT molecular complexity index is 1480. The van der Waals surface area contributed by atoms with Gasteiger partial charge in [-0.1, -0.05) is 18.2 Å². The van der Waals surface area contributed by atoms with Crippen LogP contribution >= 0.6 is 0 Å². The molecule has 0 amide bonds. The Kier molecular flexibility index (Phi) is 5.11. The Morgan fingerprint density at radius 2 is 1.75 bits per heavy atom. The summed E-state index contributed by atoms with van der Waals surface area (Å²) in [6.07, 6.45) is 0. The molecule has 3 N–H and O–H groups in total. The monoisotopic (exact) mass is 435 g/mol. The summed E-state index contributed by atoms with van der Waals surface area (Å²) in [7, 11) is 2.34. The smallest absolute Gasteiger partial charge is 0.379 e. The van der Waals surface area contributed by atoms with Crippen molar-refractivity contribution in [2.75, 3.05) is 14.2 Å². The first-order valence-electron chi connectivity index (χ1n) is 9.33. The number of ether oxygens (including phenoxy) is 2. The van der Waals surface area contributed by atoms with Gasteiger partial charge in [-0.15, -0.1) is 0 Å². The number of Topliss-reactive ketones (excluding diaryl/α,β-unsaturated/α-hetero) is 1. The Morgan fingerprint density at radius 1 is 1.03 bits per heavy atom. The summed E-state index contributed by atoms with van der Waals surface area (Å²) in [5.41, 5.74) is -1.46. The van der Waals surface area contributed by atoms with Crippen molar-refractivity contribution in [3.05, 3.63) is 74.7 Å². The number of phenols is 1. The van der Waals surface area contributed by atoms with Crippen LogP contribution < -0.4 is 15.7 Å². The van der Waals surface area contributed by atoms with Crippen LogP contribution in [0.15, 0.2) is 58.1 Å². The number of aromatic amines is 2. The van der Waals surface area contributed by atoms with Crippen LogP contribution in [0.25, 0.3) is 28.0 Å². The minimum Gasteiger partial charge on any atom is -0.504 e. The number of benzene rings is 2. The van der Waals surface area contributed by atoms with Crippen LogP contribution in [-0.2, 0) is 9.53 Å². The lowest BCUT2D eigenvalue weighted by Crippen LogP contribution is -2.27. The summed E-state index contributed by atoms with van der Waals surface area (Å²) in [6, 6.07) is 12.6. The van der Waals surface area contributed by atoms with Crippen molar-refractivity contribution in [1.82, 2.24) is 14.8 Å². The lowest BCUT2D eigenvalue weighted by Gasteiger charge is -2.10. The predicted octanol–water partition coefficient (Wildman–Crippen LogP) is 1.74. The highest BCUT2D eigenvalue weighted by Crippen LogP contribution is 2.32. The van der Waals surface area contributed by atoms with Crippen LogP contribution in [0.3, 0.4) is 0 Å². The van der Waals surface area contributed by atoms with E-state index >= 15 is 0 Å². The Morgan fingerprint density at radius 3 is 2.41 bits per heavy atom. The topological polar surface area (TPSA) is 143 Å². The third kappa shape index (κ3) is 3.23. The van der Waals surface area contributed by atoms with Gasteiger partial charge < -0.3 is 19.6 Å². The zero-order valence-corrected chi connectivity index (χ0v) is 17.0. The maximum Gasteiger partial charge on any atom is 0.379 e. The molecule has 0 spiro atoms. The molecule has 0 fully saturated rings. The van der Waals surface area contributed by atoms with Crippen molar-refractivity contribution >= 4 is 22.8 Å². The number of methoxy groups -OCH3 is 2. The molecule has 4 aromatic rings. The summed E-state index contributed by atoms with van der Waals surface area (Å²) in [5.74, 6) is -2.57. The van der Waals surface area contributed by atoms with Gasteiger partial charge in [0.2, 0.25) is 5.43 Å². The maximum atomic E-state index is 13.3. The number of aromatic nitrogens is 3. The number of rotatable bonds is 5. The number of aromatic hydroxyl groups is 1. The number of ketones is 1. The first kappa shape index (κ1) is 20.7. The van der Waals surface area contributed by atoms with Crippen LogP contribution in [0, 0.1) is 0 Å². The number of carbonyl (C=O) groups excluding carboxylic acids is 2. The van der Waals surface area contributed by atoms with Gasteiger partial charge in [-0.05, 0) is 30.3 Å². The van der Waals surface area contributed by atoms with Crippen LogP contribution in [0.5, 0.6) is 11.5 Å². The minimum atomic E-state index is -1.26. The van der Waals surface area contributed by atoms with E-state index in [2.05, 4.69) is 14.8 Å². The molecule has 4 rings (SSSR count). The molecule has 0 unspecified atom stereocenters. The molecule has 10 nitrogen and oxygen atoms in total. The van der Waals surface area contributed by atoms with E-state index in [4.69, 9.17) is 4.74 Å². The second kappa shape index (κ2) is 7.91. The van der Waals surface area contributed by atoms with Crippen molar-refractivity contribution in [1.29, 1.82) is 0 Å². The first-order valence-corrected chi connectivity index (χ1v) is 9.33. The summed E-state index contributed by atoms with van der Waals surface area (Å²) in [6.45, 7) is 0. The van der Waals surface area contributed by atoms with E-state index < -0.39 is 28.3 Å². The summed E-state index contributed by atoms with van der Waals surface area (Å²) in [4.78, 5) is 53.9. The molecule has 2 aromatic carbocycles. The van der Waals surface area contributed by atoms with Gasteiger partial charge in [0.1, 0.15) is 16.6 Å². The lowest BCUT2D eigenvalue weighted by atomic mass is 10.0. The van der Waals surface area contributed by atoms with Crippen LogP contribution in [-0.4, -0.2) is 45.8 Å². The van der Waals surface area contributed by atoms with Crippen LogP contribution in [0.2, 0.25) is 0 Å². The molecule has 0 saturated carbocycles. The standard InChI is InChI=1S/C22H17N3O7/c1-31-14-10-11(8-9-13(14)26)17-15(19(28)22(30)32-2)18(27)16-20(23-17)24-25(21(16)29)12-6-4-3-5-7-12/h3-10,26H,1-2H3,(H2,23,24,27). The number of para-hydroxylation sites is 1. The number of hydrogen-bond acceptors (Lipinski definition) is 7. The van der Waals surface area contributed by atoms with Gasteiger partial charge >= 0.3 is 5.97 Å². The fraction of sp³-hybridized carbons (Fsp3) is 0.0909. The highest BCUT2D eigenvalue weighted by atomic mass is 16.5. The van der Waals surface area contributed by atoms with Crippen molar-refractivity contribution in [2.45, 2.75) is 0 Å². The Labute approximate surface area is 179 Å². The number of hydrogen-bond donors (Lipinski definition) is 3. The molecule has 2 heterocycles. The SMILES string of the molecule is COC(=O)C(=O)c1c(-c2ccc(O)c(OC)c2)[nH]c2[nH]n(-c3ccccc3)c(=O)c2c1=O. The van der Waals surface area contributed by atoms with E-state index in [1.807, 2.05) is 0 Å². The van der Waals surface area contributed by atoms with Gasteiger partial charge in [0, 0.05) is 5.56 Å². The molecule has 10 heteroatoms. The number of pyridine rings is 1. The van der Waals surface area contributed by atoms with Gasteiger partial charge in [-0.2, -0.15) is 0 Å². The van der Waals surface area contributed by atoms with Gasteiger partial charge in [0.15, 0.2) is 11.5 Å². The number of esters is 1. The normalized spacial score (nSPS) is 10.8. The van der Waals surface area contributed by atoms with Crippen molar-refractivity contribution in [3.63, 3.8) is 0 Å². The highest BCUT2D eigenvalue weighted by Gasteiger charge is 2.29. The zero-order valence-electron chi connectivity index (χ0n) is 17.0. The predicted molar refractivity (Wildman–Crippen MR) is 115 cm³/mol. The highest BCUT2D eigenvalue weighted by molar-refractivity contribution is 6.42. The Balaban J connectivity index is 2.08. The van der Waals surface area contributed by atoms with Gasteiger partial charge in [-0.25, -0.2) is 9.48 Å². The second-order valence-corrected chi connectivity index (χ2v) is 6.75. The van der Waals surface area contributed by atoms with Crippen LogP contribution in [0.1, 0.15) is 10.4 Å². The third-order valence-corrected chi connectivity index (χ3v) is 4.93. The van der Waals surface area contributed by atoms with E-state index in [1.54, 1.807) is 30.3 Å². The Hall–Kier alpha value is -4.60. The molecule has 0 bridgehead atoms. The minimum absolute atomic E-state index is 0.0438. The fourth-order valence-electron chi connectivity index (χ4n) is 3.38. The molecule has 32 heavy (non-hydrogen) atoms. The van der Waals surface area contributed by atoms with Gasteiger partial charge in [-0.3, -0.25) is 19.5 Å². The number of phenolic OH excluding ortho intramolecular Hbond substituents is 1. The zero-order chi connectivity index (χ0) is 23.0. The van der Waals surface area contributed by atoms with Crippen molar-refractivity contribution < 1.29 is 24.2 Å². The van der Waals surface area contributed by atoms with E-state index in [0.717, 1.165) is 11.8 Å². The van der Waals surface area contributed by atoms with Crippen molar-refractivity contribution in [2.24, 2.45) is 0 Å². The van der Waals surface area contributed by atoms with Crippen molar-refractivity contribution in [3.8, 4) is 28.4 Å². The largest absolute Gasteiger partial charge is 0.504 e. The second-order valence-electron chi connectivity index (χ2n) is 6.75. The molecule has 0 aliphatic rings. The molecular weight excluding hydrogens is 418 g/mol. The molecule has 162 valence electrons. The number of carbonyl (C=O) groups is 2. The van der Waals surface area contributed by atoms with Gasteiger partial charge in [0.05, 0.1) is 25.6 Å². The molecule has 2 aromatic heterocycles. The quantitative estimate of drug-likeness (QED) is 0.246. The molecule has 0 aliphatic carbocycles. The van der Waals surface area contributed by atoms with E-state index in [9.17, 15) is 24.3 Å². The van der Waals surface area contributed by atoms with Gasteiger partial charge in [0.25, 0.3) is 11.3 Å². The number of nitrogens with one attached hydrogen (secondary N) is 2.